The zero-order chi connectivity index (χ0) is 13.9. The van der Waals surface area contributed by atoms with Gasteiger partial charge in [0.15, 0.2) is 5.82 Å². The molecule has 1 aromatic heterocycles. The summed E-state index contributed by atoms with van der Waals surface area (Å²) in [6.45, 7) is 0. The van der Waals surface area contributed by atoms with Gasteiger partial charge in [-0.2, -0.15) is 5.10 Å². The molecule has 0 aliphatic heterocycles. The van der Waals surface area contributed by atoms with E-state index in [9.17, 15) is 9.90 Å². The van der Waals surface area contributed by atoms with Crippen molar-refractivity contribution in [2.45, 2.75) is 56.8 Å². The Bertz CT molecular complexity index is 503. The third kappa shape index (κ3) is 2.62. The maximum Gasteiger partial charge on any atom is 0.307 e. The van der Waals surface area contributed by atoms with Crippen molar-refractivity contribution in [3.05, 3.63) is 23.8 Å². The third-order valence-corrected chi connectivity index (χ3v) is 4.59. The van der Waals surface area contributed by atoms with Crippen LogP contribution in [-0.2, 0) is 4.79 Å². The smallest absolute Gasteiger partial charge is 0.307 e. The van der Waals surface area contributed by atoms with E-state index in [1.165, 1.54) is 19.3 Å². The first-order valence-corrected chi connectivity index (χ1v) is 7.55. The van der Waals surface area contributed by atoms with Crippen molar-refractivity contribution in [3.63, 3.8) is 0 Å². The summed E-state index contributed by atoms with van der Waals surface area (Å²) < 4.78 is 0. The summed E-state index contributed by atoms with van der Waals surface area (Å²) >= 11 is 0. The van der Waals surface area contributed by atoms with Gasteiger partial charge in [0.1, 0.15) is 5.82 Å². The van der Waals surface area contributed by atoms with Crippen LogP contribution in [0.15, 0.2) is 12.2 Å². The SMILES string of the molecule is O=C(O)[C@H]1CC=CC[C@H]1c1nc(C2CCCCC2)n[nH]1. The number of aromatic nitrogens is 3. The molecule has 0 spiro atoms. The molecule has 2 N–H and O–H groups in total. The molecule has 1 heterocycles. The van der Waals surface area contributed by atoms with Crippen LogP contribution >= 0.6 is 0 Å². The standard InChI is InChI=1S/C15H21N3O2/c19-15(20)12-9-5-4-8-11(12)14-16-13(17-18-14)10-6-2-1-3-7-10/h4-5,10-12H,1-3,6-9H2,(H,19,20)(H,16,17,18)/t11-,12+/m1/s1. The number of allylic oxidation sites excluding steroid dienone is 2. The second-order valence-electron chi connectivity index (χ2n) is 5.91. The number of nitrogens with zero attached hydrogens (tertiary/aromatic N) is 2. The molecular weight excluding hydrogens is 254 g/mol. The summed E-state index contributed by atoms with van der Waals surface area (Å²) in [4.78, 5) is 16.0. The Kier molecular flexibility index (Phi) is 3.85. The van der Waals surface area contributed by atoms with Gasteiger partial charge >= 0.3 is 5.97 Å². The van der Waals surface area contributed by atoms with Gasteiger partial charge in [0.05, 0.1) is 5.92 Å². The summed E-state index contributed by atoms with van der Waals surface area (Å²) in [7, 11) is 0. The van der Waals surface area contributed by atoms with E-state index in [0.29, 0.717) is 12.3 Å². The number of hydrogen-bond acceptors (Lipinski definition) is 3. The van der Waals surface area contributed by atoms with Crippen LogP contribution < -0.4 is 0 Å². The van der Waals surface area contributed by atoms with Gasteiger partial charge < -0.3 is 5.11 Å². The monoisotopic (exact) mass is 275 g/mol. The van der Waals surface area contributed by atoms with Crippen LogP contribution in [0.5, 0.6) is 0 Å². The third-order valence-electron chi connectivity index (χ3n) is 4.59. The minimum absolute atomic E-state index is 0.0673. The van der Waals surface area contributed by atoms with E-state index in [0.717, 1.165) is 30.9 Å². The number of carbonyl (C=O) groups is 1. The van der Waals surface area contributed by atoms with Crippen molar-refractivity contribution in [1.29, 1.82) is 0 Å². The zero-order valence-corrected chi connectivity index (χ0v) is 11.6. The molecule has 1 aromatic rings. The van der Waals surface area contributed by atoms with Gasteiger partial charge in [0.25, 0.3) is 0 Å². The first kappa shape index (κ1) is 13.3. The van der Waals surface area contributed by atoms with Crippen molar-refractivity contribution in [3.8, 4) is 0 Å². The average Bonchev–Trinajstić information content (AvgIpc) is 2.98. The highest BCUT2D eigenvalue weighted by atomic mass is 16.4. The van der Waals surface area contributed by atoms with Gasteiger partial charge in [-0.3, -0.25) is 9.89 Å². The number of rotatable bonds is 3. The first-order valence-electron chi connectivity index (χ1n) is 7.55. The van der Waals surface area contributed by atoms with Gasteiger partial charge in [0.2, 0.25) is 0 Å². The first-order chi connectivity index (χ1) is 9.75. The predicted molar refractivity (Wildman–Crippen MR) is 74.4 cm³/mol. The molecule has 5 heteroatoms. The topological polar surface area (TPSA) is 78.9 Å². The number of aliphatic carboxylic acids is 1. The minimum Gasteiger partial charge on any atom is -0.481 e. The average molecular weight is 275 g/mol. The Hall–Kier alpha value is -1.65. The van der Waals surface area contributed by atoms with Crippen LogP contribution in [0.2, 0.25) is 0 Å². The lowest BCUT2D eigenvalue weighted by Gasteiger charge is -2.23. The van der Waals surface area contributed by atoms with E-state index in [2.05, 4.69) is 15.2 Å². The van der Waals surface area contributed by atoms with Crippen molar-refractivity contribution in [1.82, 2.24) is 15.2 Å². The van der Waals surface area contributed by atoms with Crippen molar-refractivity contribution < 1.29 is 9.90 Å². The van der Waals surface area contributed by atoms with Crippen molar-refractivity contribution in [2.75, 3.05) is 0 Å². The van der Waals surface area contributed by atoms with Gasteiger partial charge in [-0.15, -0.1) is 0 Å². The molecule has 1 saturated carbocycles. The zero-order valence-electron chi connectivity index (χ0n) is 11.6. The lowest BCUT2D eigenvalue weighted by Crippen LogP contribution is -2.24. The molecule has 108 valence electrons. The fraction of sp³-hybridized carbons (Fsp3) is 0.667. The number of H-pyrrole nitrogens is 1. The summed E-state index contributed by atoms with van der Waals surface area (Å²) in [5.41, 5.74) is 0. The molecule has 0 radical (unpaired) electrons. The van der Waals surface area contributed by atoms with E-state index in [1.54, 1.807) is 0 Å². The van der Waals surface area contributed by atoms with Crippen LogP contribution in [0.1, 0.15) is 68.4 Å². The lowest BCUT2D eigenvalue weighted by atomic mass is 9.82. The number of nitrogens with one attached hydrogen (secondary N) is 1. The molecule has 0 saturated heterocycles. The Morgan fingerprint density at radius 3 is 2.70 bits per heavy atom. The van der Waals surface area contributed by atoms with Crippen LogP contribution in [-0.4, -0.2) is 26.3 Å². The summed E-state index contributed by atoms with van der Waals surface area (Å²) in [5.74, 6) is 0.904. The second-order valence-corrected chi connectivity index (χ2v) is 5.91. The minimum atomic E-state index is -0.741. The number of hydrogen-bond donors (Lipinski definition) is 2. The van der Waals surface area contributed by atoms with Crippen molar-refractivity contribution >= 4 is 5.97 Å². The van der Waals surface area contributed by atoms with Gasteiger partial charge in [0, 0.05) is 11.8 Å². The highest BCUT2D eigenvalue weighted by Crippen LogP contribution is 2.35. The molecule has 2 atom stereocenters. The van der Waals surface area contributed by atoms with Crippen molar-refractivity contribution in [2.24, 2.45) is 5.92 Å². The van der Waals surface area contributed by atoms with E-state index in [4.69, 9.17) is 0 Å². The maximum atomic E-state index is 11.4. The Morgan fingerprint density at radius 1 is 1.20 bits per heavy atom. The largest absolute Gasteiger partial charge is 0.481 e. The van der Waals surface area contributed by atoms with Gasteiger partial charge in [-0.1, -0.05) is 31.4 Å². The Morgan fingerprint density at radius 2 is 1.95 bits per heavy atom. The Labute approximate surface area is 118 Å². The quantitative estimate of drug-likeness (QED) is 0.831. The summed E-state index contributed by atoms with van der Waals surface area (Å²) in [6, 6.07) is 0. The summed E-state index contributed by atoms with van der Waals surface area (Å²) in [5, 5.41) is 16.7. The molecule has 3 rings (SSSR count). The van der Waals surface area contributed by atoms with Gasteiger partial charge in [-0.25, -0.2) is 4.98 Å². The number of carboxylic acid groups (broad SMARTS) is 1. The normalized spacial score (nSPS) is 27.6. The van der Waals surface area contributed by atoms with Crippen LogP contribution in [0.25, 0.3) is 0 Å². The fourth-order valence-corrected chi connectivity index (χ4v) is 3.39. The number of aromatic amines is 1. The molecule has 0 amide bonds. The molecule has 2 aliphatic rings. The Balaban J connectivity index is 1.78. The van der Waals surface area contributed by atoms with E-state index >= 15 is 0 Å². The highest BCUT2D eigenvalue weighted by molar-refractivity contribution is 5.71. The molecule has 0 aromatic carbocycles. The fourth-order valence-electron chi connectivity index (χ4n) is 3.39. The van der Waals surface area contributed by atoms with E-state index < -0.39 is 5.97 Å². The predicted octanol–water partition coefficient (Wildman–Crippen LogP) is 2.99. The van der Waals surface area contributed by atoms with E-state index in [-0.39, 0.29) is 11.8 Å². The molecule has 0 unspecified atom stereocenters. The molecular formula is C15H21N3O2. The van der Waals surface area contributed by atoms with Crippen LogP contribution in [0.3, 0.4) is 0 Å². The molecule has 20 heavy (non-hydrogen) atoms. The lowest BCUT2D eigenvalue weighted by molar-refractivity contribution is -0.142. The molecule has 5 nitrogen and oxygen atoms in total. The van der Waals surface area contributed by atoms with Crippen LogP contribution in [0.4, 0.5) is 0 Å². The maximum absolute atomic E-state index is 11.4. The molecule has 1 fully saturated rings. The highest BCUT2D eigenvalue weighted by Gasteiger charge is 2.32. The van der Waals surface area contributed by atoms with Gasteiger partial charge in [-0.05, 0) is 25.7 Å². The number of carboxylic acids is 1. The molecule has 2 aliphatic carbocycles. The van der Waals surface area contributed by atoms with Crippen LogP contribution in [0, 0.1) is 5.92 Å². The summed E-state index contributed by atoms with van der Waals surface area (Å²) in [6.07, 6.45) is 11.4. The second kappa shape index (κ2) is 5.77. The molecule has 0 bridgehead atoms. The van der Waals surface area contributed by atoms with E-state index in [1.807, 2.05) is 12.2 Å².